The van der Waals surface area contributed by atoms with E-state index in [2.05, 4.69) is 10.8 Å². The number of terminal acetylenes is 1. The molecule has 2 nitrogen and oxygen atoms in total. The number of Topliss-reactive ketones (excluding diaryl/α,β-unsaturated/α-hetero) is 1. The lowest BCUT2D eigenvalue weighted by Gasteiger charge is -2.25. The maximum atomic E-state index is 10.9. The average Bonchev–Trinajstić information content (AvgIpc) is 2.15. The summed E-state index contributed by atoms with van der Waals surface area (Å²) in [6, 6.07) is 0. The fraction of sp³-hybridized carbons (Fsp3) is 0.727. The third-order valence-corrected chi connectivity index (χ3v) is 2.46. The number of piperidine rings is 1. The number of unbranched alkanes of at least 4 members (excludes halogenated alkanes) is 2. The van der Waals surface area contributed by atoms with Gasteiger partial charge in [-0.2, -0.15) is 0 Å². The Morgan fingerprint density at radius 3 is 2.62 bits per heavy atom. The van der Waals surface area contributed by atoms with Crippen molar-refractivity contribution in [2.45, 2.75) is 32.1 Å². The Labute approximate surface area is 80.3 Å². The zero-order chi connectivity index (χ0) is 9.52. The number of rotatable bonds is 4. The molecule has 1 saturated heterocycles. The summed E-state index contributed by atoms with van der Waals surface area (Å²) < 4.78 is 0. The van der Waals surface area contributed by atoms with Crippen molar-refractivity contribution in [2.75, 3.05) is 19.6 Å². The lowest BCUT2D eigenvalue weighted by atomic mass is 10.1. The fourth-order valence-corrected chi connectivity index (χ4v) is 1.59. The van der Waals surface area contributed by atoms with Crippen LogP contribution in [-0.2, 0) is 4.79 Å². The molecule has 0 amide bonds. The molecule has 1 heterocycles. The first-order chi connectivity index (χ1) is 6.33. The normalized spacial score (nSPS) is 18.5. The molecule has 0 unspecified atom stereocenters. The van der Waals surface area contributed by atoms with Gasteiger partial charge in [0.1, 0.15) is 5.78 Å². The molecule has 0 aromatic rings. The highest BCUT2D eigenvalue weighted by atomic mass is 16.1. The Hall–Kier alpha value is -0.810. The molecule has 1 rings (SSSR count). The molecule has 1 aliphatic heterocycles. The summed E-state index contributed by atoms with van der Waals surface area (Å²) in [6.07, 6.45) is 9.81. The summed E-state index contributed by atoms with van der Waals surface area (Å²) in [6.45, 7) is 3.01. The number of nitrogens with zero attached hydrogens (tertiary/aromatic N) is 1. The molecule has 0 aromatic heterocycles. The molecule has 2 heteroatoms. The van der Waals surface area contributed by atoms with Gasteiger partial charge in [-0.25, -0.2) is 0 Å². The third-order valence-electron chi connectivity index (χ3n) is 2.46. The second-order valence-electron chi connectivity index (χ2n) is 3.54. The Morgan fingerprint density at radius 2 is 2.00 bits per heavy atom. The van der Waals surface area contributed by atoms with Crippen LogP contribution in [0.25, 0.3) is 0 Å². The van der Waals surface area contributed by atoms with E-state index in [1.165, 1.54) is 6.42 Å². The highest BCUT2D eigenvalue weighted by Crippen LogP contribution is 2.07. The second kappa shape index (κ2) is 5.77. The summed E-state index contributed by atoms with van der Waals surface area (Å²) in [7, 11) is 0. The summed E-state index contributed by atoms with van der Waals surface area (Å²) in [5.74, 6) is 3.06. The fourth-order valence-electron chi connectivity index (χ4n) is 1.59. The molecule has 0 aromatic carbocycles. The summed E-state index contributed by atoms with van der Waals surface area (Å²) >= 11 is 0. The smallest absolute Gasteiger partial charge is 0.135 e. The number of hydrogen-bond donors (Lipinski definition) is 0. The minimum absolute atomic E-state index is 0.417. The minimum atomic E-state index is 0.417. The lowest BCUT2D eigenvalue weighted by molar-refractivity contribution is -0.121. The second-order valence-corrected chi connectivity index (χ2v) is 3.54. The topological polar surface area (TPSA) is 20.3 Å². The zero-order valence-corrected chi connectivity index (χ0v) is 8.09. The monoisotopic (exact) mass is 179 g/mol. The van der Waals surface area contributed by atoms with Crippen LogP contribution in [0.3, 0.4) is 0 Å². The van der Waals surface area contributed by atoms with E-state index in [1.54, 1.807) is 0 Å². The van der Waals surface area contributed by atoms with Gasteiger partial charge >= 0.3 is 0 Å². The third kappa shape index (κ3) is 4.10. The van der Waals surface area contributed by atoms with Crippen molar-refractivity contribution in [3.05, 3.63) is 0 Å². The molecule has 0 bridgehead atoms. The highest BCUT2D eigenvalue weighted by molar-refractivity contribution is 5.79. The summed E-state index contributed by atoms with van der Waals surface area (Å²) in [5, 5.41) is 0. The van der Waals surface area contributed by atoms with Crippen molar-refractivity contribution in [1.82, 2.24) is 4.90 Å². The highest BCUT2D eigenvalue weighted by Gasteiger charge is 2.14. The van der Waals surface area contributed by atoms with Gasteiger partial charge in [0.25, 0.3) is 0 Å². The number of hydrogen-bond acceptors (Lipinski definition) is 2. The molecule has 0 aliphatic carbocycles. The zero-order valence-electron chi connectivity index (χ0n) is 8.09. The van der Waals surface area contributed by atoms with Gasteiger partial charge < -0.3 is 4.90 Å². The molecular weight excluding hydrogens is 162 g/mol. The summed E-state index contributed by atoms with van der Waals surface area (Å²) in [4.78, 5) is 13.3. The standard InChI is InChI=1S/C11H17NO/c1-2-3-4-5-8-12-9-6-11(13)7-10-12/h1H,3-10H2. The van der Waals surface area contributed by atoms with Crippen LogP contribution < -0.4 is 0 Å². The van der Waals surface area contributed by atoms with E-state index in [9.17, 15) is 4.79 Å². The molecule has 1 fully saturated rings. The van der Waals surface area contributed by atoms with Crippen LogP contribution in [0.4, 0.5) is 0 Å². The van der Waals surface area contributed by atoms with E-state index in [-0.39, 0.29) is 0 Å². The SMILES string of the molecule is C#CCCCCN1CCC(=O)CC1. The van der Waals surface area contributed by atoms with E-state index in [1.807, 2.05) is 0 Å². The predicted molar refractivity (Wildman–Crippen MR) is 53.4 cm³/mol. The van der Waals surface area contributed by atoms with Crippen LogP contribution in [0.5, 0.6) is 0 Å². The lowest BCUT2D eigenvalue weighted by Crippen LogP contribution is -2.34. The molecule has 0 spiro atoms. The first-order valence-electron chi connectivity index (χ1n) is 5.00. The van der Waals surface area contributed by atoms with Crippen molar-refractivity contribution in [2.24, 2.45) is 0 Å². The van der Waals surface area contributed by atoms with Gasteiger partial charge in [0.15, 0.2) is 0 Å². The van der Waals surface area contributed by atoms with Gasteiger partial charge in [-0.3, -0.25) is 4.79 Å². The van der Waals surface area contributed by atoms with Crippen molar-refractivity contribution >= 4 is 5.78 Å². The molecule has 0 radical (unpaired) electrons. The van der Waals surface area contributed by atoms with E-state index >= 15 is 0 Å². The first kappa shape index (κ1) is 10.3. The Balaban J connectivity index is 2.03. The van der Waals surface area contributed by atoms with Crippen molar-refractivity contribution in [1.29, 1.82) is 0 Å². The van der Waals surface area contributed by atoms with Gasteiger partial charge in [-0.05, 0) is 19.4 Å². The van der Waals surface area contributed by atoms with E-state index in [0.29, 0.717) is 5.78 Å². The molecule has 1 aliphatic rings. The van der Waals surface area contributed by atoms with Gasteiger partial charge in [0.2, 0.25) is 0 Å². The van der Waals surface area contributed by atoms with Crippen molar-refractivity contribution < 1.29 is 4.79 Å². The number of carbonyl (C=O) groups excluding carboxylic acids is 1. The van der Waals surface area contributed by atoms with Crippen molar-refractivity contribution in [3.8, 4) is 12.3 Å². The van der Waals surface area contributed by atoms with Crippen LogP contribution in [-0.4, -0.2) is 30.3 Å². The Bertz CT molecular complexity index is 195. The molecular formula is C11H17NO. The predicted octanol–water partition coefficient (Wildman–Crippen LogP) is 1.45. The quantitative estimate of drug-likeness (QED) is 0.481. The Kier molecular flexibility index (Phi) is 4.56. The number of likely N-dealkylation sites (tertiary alicyclic amines) is 1. The first-order valence-corrected chi connectivity index (χ1v) is 5.00. The largest absolute Gasteiger partial charge is 0.302 e. The van der Waals surface area contributed by atoms with Crippen LogP contribution in [0.1, 0.15) is 32.1 Å². The van der Waals surface area contributed by atoms with Gasteiger partial charge in [-0.15, -0.1) is 12.3 Å². The maximum absolute atomic E-state index is 10.9. The van der Waals surface area contributed by atoms with Crippen LogP contribution >= 0.6 is 0 Å². The van der Waals surface area contributed by atoms with Crippen LogP contribution in [0.15, 0.2) is 0 Å². The molecule has 0 atom stereocenters. The van der Waals surface area contributed by atoms with E-state index in [0.717, 1.165) is 45.3 Å². The number of carbonyl (C=O) groups is 1. The number of ketones is 1. The van der Waals surface area contributed by atoms with E-state index in [4.69, 9.17) is 6.42 Å². The summed E-state index contributed by atoms with van der Waals surface area (Å²) in [5.41, 5.74) is 0. The van der Waals surface area contributed by atoms with Gasteiger partial charge in [0.05, 0.1) is 0 Å². The van der Waals surface area contributed by atoms with E-state index < -0.39 is 0 Å². The maximum Gasteiger partial charge on any atom is 0.135 e. The average molecular weight is 179 g/mol. The Morgan fingerprint density at radius 1 is 1.31 bits per heavy atom. The minimum Gasteiger partial charge on any atom is -0.302 e. The molecule has 0 N–H and O–H groups in total. The van der Waals surface area contributed by atoms with Gasteiger partial charge in [0, 0.05) is 32.4 Å². The van der Waals surface area contributed by atoms with Crippen molar-refractivity contribution in [3.63, 3.8) is 0 Å². The van der Waals surface area contributed by atoms with Crippen LogP contribution in [0.2, 0.25) is 0 Å². The van der Waals surface area contributed by atoms with Gasteiger partial charge in [-0.1, -0.05) is 0 Å². The van der Waals surface area contributed by atoms with Crippen LogP contribution in [0, 0.1) is 12.3 Å². The molecule has 13 heavy (non-hydrogen) atoms. The molecule has 0 saturated carbocycles. The molecule has 72 valence electrons.